The van der Waals surface area contributed by atoms with E-state index in [1.54, 1.807) is 4.57 Å². The van der Waals surface area contributed by atoms with E-state index >= 15 is 0 Å². The minimum Gasteiger partial charge on any atom is -0.504 e. The number of nitrogens with zero attached hydrogens (tertiary/aromatic N) is 1. The summed E-state index contributed by atoms with van der Waals surface area (Å²) in [4.78, 5) is 13.6. The molecule has 39 heavy (non-hydrogen) atoms. The van der Waals surface area contributed by atoms with Crippen molar-refractivity contribution in [3.8, 4) is 11.5 Å². The number of aryl methyl sites for hydroxylation is 1. The van der Waals surface area contributed by atoms with Gasteiger partial charge in [-0.3, -0.25) is 4.79 Å². The van der Waals surface area contributed by atoms with Gasteiger partial charge in [0.05, 0.1) is 5.52 Å². The normalized spacial score (nSPS) is 11.5. The molecule has 1 aromatic heterocycles. The molecule has 3 rings (SSSR count). The predicted molar refractivity (Wildman–Crippen MR) is 165 cm³/mol. The molecular formula is C34H46N2O3. The number of benzene rings is 2. The number of hydrogen-bond acceptors (Lipinski definition) is 4. The fourth-order valence-corrected chi connectivity index (χ4v) is 4.68. The highest BCUT2D eigenvalue weighted by atomic mass is 16.5. The summed E-state index contributed by atoms with van der Waals surface area (Å²) < 4.78 is 7.70. The van der Waals surface area contributed by atoms with Gasteiger partial charge in [-0.15, -0.1) is 0 Å². The van der Waals surface area contributed by atoms with E-state index in [2.05, 4.69) is 51.2 Å². The van der Waals surface area contributed by atoms with Crippen LogP contribution in [0.4, 0.5) is 5.69 Å². The first-order valence-electron chi connectivity index (χ1n) is 14.5. The topological polar surface area (TPSA) is 63.5 Å². The van der Waals surface area contributed by atoms with Gasteiger partial charge in [-0.25, -0.2) is 0 Å². The van der Waals surface area contributed by atoms with Crippen molar-refractivity contribution in [3.05, 3.63) is 87.7 Å². The van der Waals surface area contributed by atoms with E-state index in [0.717, 1.165) is 36.9 Å². The van der Waals surface area contributed by atoms with Gasteiger partial charge in [0, 0.05) is 24.2 Å². The largest absolute Gasteiger partial charge is 0.504 e. The third kappa shape index (κ3) is 9.35. The summed E-state index contributed by atoms with van der Waals surface area (Å²) in [5.41, 5.74) is 5.05. The number of allylic oxidation sites excluding steroid dienone is 3. The summed E-state index contributed by atoms with van der Waals surface area (Å²) in [5, 5.41) is 15.2. The highest BCUT2D eigenvalue weighted by Gasteiger charge is 2.18. The Morgan fingerprint density at radius 1 is 0.974 bits per heavy atom. The Labute approximate surface area is 234 Å². The Kier molecular flexibility index (Phi) is 12.2. The van der Waals surface area contributed by atoms with E-state index in [4.69, 9.17) is 4.74 Å². The van der Waals surface area contributed by atoms with Crippen LogP contribution in [0.3, 0.4) is 0 Å². The second-order valence-corrected chi connectivity index (χ2v) is 10.7. The minimum atomic E-state index is -0.274. The summed E-state index contributed by atoms with van der Waals surface area (Å²) in [7, 11) is 0. The van der Waals surface area contributed by atoms with Crippen molar-refractivity contribution in [2.45, 2.75) is 92.2 Å². The molecule has 5 nitrogen and oxygen atoms in total. The van der Waals surface area contributed by atoms with Crippen molar-refractivity contribution < 1.29 is 9.84 Å². The third-order valence-electron chi connectivity index (χ3n) is 7.02. The molecule has 2 aromatic carbocycles. The molecule has 3 aromatic rings. The van der Waals surface area contributed by atoms with Crippen LogP contribution in [0.2, 0.25) is 0 Å². The maximum Gasteiger partial charge on any atom is 0.297 e. The molecule has 0 unspecified atom stereocenters. The number of rotatable bonds is 16. The lowest BCUT2D eigenvalue weighted by atomic mass is 10.1. The van der Waals surface area contributed by atoms with E-state index in [9.17, 15) is 9.90 Å². The van der Waals surface area contributed by atoms with Gasteiger partial charge in [0.15, 0.2) is 5.75 Å². The number of hydrogen-bond donors (Lipinski definition) is 2. The number of fused-ring (bicyclic) bond motifs is 1. The fraction of sp³-hybridized carbons (Fsp3) is 0.441. The van der Waals surface area contributed by atoms with Crippen molar-refractivity contribution in [3.63, 3.8) is 0 Å². The number of aromatic hydroxyl groups is 1. The average Bonchev–Trinajstić information content (AvgIpc) is 2.93. The summed E-state index contributed by atoms with van der Waals surface area (Å²) >= 11 is 0. The fourth-order valence-electron chi connectivity index (χ4n) is 4.68. The van der Waals surface area contributed by atoms with E-state index in [1.807, 2.05) is 42.5 Å². The van der Waals surface area contributed by atoms with Crippen molar-refractivity contribution >= 4 is 16.6 Å². The predicted octanol–water partition coefficient (Wildman–Crippen LogP) is 8.75. The second kappa shape index (κ2) is 15.8. The maximum atomic E-state index is 13.6. The molecular weight excluding hydrogens is 484 g/mol. The van der Waals surface area contributed by atoms with Crippen LogP contribution in [-0.2, 0) is 13.1 Å². The Bertz CT molecular complexity index is 1300. The molecule has 0 aliphatic carbocycles. The van der Waals surface area contributed by atoms with Crippen LogP contribution >= 0.6 is 0 Å². The monoisotopic (exact) mass is 530 g/mol. The molecule has 0 saturated carbocycles. The number of nitrogens with one attached hydrogen (secondary N) is 1. The van der Waals surface area contributed by atoms with Crippen molar-refractivity contribution in [2.24, 2.45) is 0 Å². The summed E-state index contributed by atoms with van der Waals surface area (Å²) in [6.07, 6.45) is 13.0. The van der Waals surface area contributed by atoms with Gasteiger partial charge in [0.2, 0.25) is 5.75 Å². The molecule has 0 fully saturated rings. The zero-order valence-corrected chi connectivity index (χ0v) is 24.3. The Morgan fingerprint density at radius 2 is 1.72 bits per heavy atom. The molecule has 0 aliphatic heterocycles. The van der Waals surface area contributed by atoms with Crippen molar-refractivity contribution in [2.75, 3.05) is 11.9 Å². The number of unbranched alkanes of at least 4 members (excludes halogenated alkanes) is 5. The van der Waals surface area contributed by atoms with Crippen LogP contribution in [-0.4, -0.2) is 16.3 Å². The lowest BCUT2D eigenvalue weighted by molar-refractivity contribution is 0.328. The van der Waals surface area contributed by atoms with Gasteiger partial charge in [0.1, 0.15) is 6.61 Å². The number of aromatic nitrogens is 1. The minimum absolute atomic E-state index is 0.0341. The molecule has 0 aliphatic rings. The van der Waals surface area contributed by atoms with Crippen LogP contribution in [0.15, 0.2) is 76.6 Å². The summed E-state index contributed by atoms with van der Waals surface area (Å²) in [6, 6.07) is 16.0. The van der Waals surface area contributed by atoms with E-state index < -0.39 is 0 Å². The molecule has 0 bridgehead atoms. The number of pyridine rings is 1. The molecule has 2 N–H and O–H groups in total. The Hall–Kier alpha value is -3.47. The highest BCUT2D eigenvalue weighted by Crippen LogP contribution is 2.33. The van der Waals surface area contributed by atoms with Crippen LogP contribution < -0.4 is 15.6 Å². The molecule has 0 spiro atoms. The standard InChI is InChI=1S/C34H46N2O3/c1-5-6-7-8-9-13-22-36-31-24-29(35-25-28-17-11-10-12-18-28)19-20-30(31)32(37)33(34(36)38)39-23-21-27(4)16-14-15-26(2)3/h10-12,15,17-21,24,35,37H,5-9,13-14,16,22-23,25H2,1-4H3/b27-21+. The lowest BCUT2D eigenvalue weighted by Gasteiger charge is -2.17. The average molecular weight is 531 g/mol. The zero-order valence-electron chi connectivity index (χ0n) is 24.3. The van der Waals surface area contributed by atoms with Gasteiger partial charge in [-0.1, -0.05) is 86.6 Å². The zero-order chi connectivity index (χ0) is 28.0. The molecule has 5 heteroatoms. The smallest absolute Gasteiger partial charge is 0.297 e. The molecule has 0 radical (unpaired) electrons. The maximum absolute atomic E-state index is 13.6. The van der Waals surface area contributed by atoms with Gasteiger partial charge in [-0.05, 0) is 69.9 Å². The molecule has 0 saturated heterocycles. The molecule has 210 valence electrons. The third-order valence-corrected chi connectivity index (χ3v) is 7.02. The number of anilines is 1. The first kappa shape index (κ1) is 30.1. The Balaban J connectivity index is 1.84. The molecule has 0 atom stereocenters. The van der Waals surface area contributed by atoms with Crippen LogP contribution in [0.5, 0.6) is 11.5 Å². The second-order valence-electron chi connectivity index (χ2n) is 10.7. The van der Waals surface area contributed by atoms with Crippen LogP contribution in [0, 0.1) is 0 Å². The van der Waals surface area contributed by atoms with Crippen molar-refractivity contribution in [1.82, 2.24) is 4.57 Å². The van der Waals surface area contributed by atoms with Gasteiger partial charge >= 0.3 is 0 Å². The lowest BCUT2D eigenvalue weighted by Crippen LogP contribution is -2.23. The van der Waals surface area contributed by atoms with E-state index in [0.29, 0.717) is 18.5 Å². The molecule has 0 amide bonds. The van der Waals surface area contributed by atoms with Crippen LogP contribution in [0.1, 0.15) is 84.6 Å². The van der Waals surface area contributed by atoms with Gasteiger partial charge in [0.25, 0.3) is 5.56 Å². The van der Waals surface area contributed by atoms with Gasteiger partial charge < -0.3 is 19.7 Å². The van der Waals surface area contributed by atoms with E-state index in [-0.39, 0.29) is 23.7 Å². The SMILES string of the molecule is CCCCCCCCn1c(=O)c(OC/C=C(\C)CCC=C(C)C)c(O)c2ccc(NCc3ccccc3)cc21. The number of ether oxygens (including phenoxy) is 1. The summed E-state index contributed by atoms with van der Waals surface area (Å²) in [6.45, 7) is 10.0. The Morgan fingerprint density at radius 3 is 2.46 bits per heavy atom. The quantitative estimate of drug-likeness (QED) is 0.144. The first-order valence-corrected chi connectivity index (χ1v) is 14.5. The first-order chi connectivity index (χ1) is 18.9. The van der Waals surface area contributed by atoms with Crippen LogP contribution in [0.25, 0.3) is 10.9 Å². The van der Waals surface area contributed by atoms with E-state index in [1.165, 1.54) is 42.4 Å². The van der Waals surface area contributed by atoms with Gasteiger partial charge in [-0.2, -0.15) is 0 Å². The highest BCUT2D eigenvalue weighted by molar-refractivity contribution is 5.90. The summed E-state index contributed by atoms with van der Waals surface area (Å²) in [5.74, 6) is -0.0498. The van der Waals surface area contributed by atoms with Crippen molar-refractivity contribution in [1.29, 1.82) is 0 Å². The molecule has 1 heterocycles.